The summed E-state index contributed by atoms with van der Waals surface area (Å²) in [6.45, 7) is 7.31. The Bertz CT molecular complexity index is 226. The fourth-order valence-electron chi connectivity index (χ4n) is 3.87. The quantitative estimate of drug-likeness (QED) is 0.665. The van der Waals surface area contributed by atoms with Crippen LogP contribution in [0.3, 0.4) is 0 Å². The van der Waals surface area contributed by atoms with Crippen LogP contribution < -0.4 is 0 Å². The Morgan fingerprint density at radius 2 is 1.65 bits per heavy atom. The van der Waals surface area contributed by atoms with Crippen LogP contribution in [0.25, 0.3) is 0 Å². The first-order valence-electron chi connectivity index (χ1n) is 7.87. The number of rotatable bonds is 6. The molecule has 3 unspecified atom stereocenters. The fraction of sp³-hybridized carbons (Fsp3) is 1.00. The van der Waals surface area contributed by atoms with Crippen molar-refractivity contribution >= 4 is 0 Å². The molecule has 0 heterocycles. The van der Waals surface area contributed by atoms with Gasteiger partial charge in [0, 0.05) is 12.1 Å². The first-order chi connectivity index (χ1) is 8.15. The third-order valence-electron chi connectivity index (χ3n) is 5.56. The van der Waals surface area contributed by atoms with E-state index >= 15 is 0 Å². The van der Waals surface area contributed by atoms with E-state index in [0.29, 0.717) is 0 Å². The molecule has 0 aromatic rings. The summed E-state index contributed by atoms with van der Waals surface area (Å²) >= 11 is 0. The minimum absolute atomic E-state index is 0.861. The van der Waals surface area contributed by atoms with Crippen LogP contribution in [0.1, 0.15) is 65.7 Å². The Labute approximate surface area is 108 Å². The normalized spacial score (nSPS) is 27.4. The van der Waals surface area contributed by atoms with Crippen molar-refractivity contribution in [3.8, 4) is 0 Å². The molecule has 3 atom stereocenters. The van der Waals surface area contributed by atoms with Crippen LogP contribution in [0, 0.1) is 17.8 Å². The lowest BCUT2D eigenvalue weighted by atomic mass is 9.79. The van der Waals surface area contributed by atoms with Gasteiger partial charge in [-0.15, -0.1) is 0 Å². The summed E-state index contributed by atoms with van der Waals surface area (Å²) in [5, 5.41) is 0. The zero-order valence-corrected chi connectivity index (χ0v) is 12.3. The molecule has 0 radical (unpaired) electrons. The number of hydrogen-bond acceptors (Lipinski definition) is 1. The lowest BCUT2D eigenvalue weighted by Crippen LogP contribution is -2.45. The molecule has 17 heavy (non-hydrogen) atoms. The molecular weight excluding hydrogens is 206 g/mol. The highest BCUT2D eigenvalue weighted by molar-refractivity contribution is 4.93. The van der Waals surface area contributed by atoms with Gasteiger partial charge in [0.1, 0.15) is 0 Å². The first-order valence-corrected chi connectivity index (χ1v) is 7.87. The Balaban J connectivity index is 2.04. The zero-order valence-electron chi connectivity index (χ0n) is 12.3. The average Bonchev–Trinajstić information content (AvgIpc) is 3.06. The summed E-state index contributed by atoms with van der Waals surface area (Å²) in [5.41, 5.74) is 0. The molecule has 0 aromatic heterocycles. The van der Waals surface area contributed by atoms with Crippen LogP contribution in [0.4, 0.5) is 0 Å². The van der Waals surface area contributed by atoms with Gasteiger partial charge in [-0.2, -0.15) is 0 Å². The summed E-state index contributed by atoms with van der Waals surface area (Å²) in [7, 11) is 2.40. The Hall–Kier alpha value is -0.0400. The smallest absolute Gasteiger partial charge is 0.0151 e. The summed E-state index contributed by atoms with van der Waals surface area (Å²) in [6, 6.07) is 1.78. The Morgan fingerprint density at radius 3 is 2.12 bits per heavy atom. The van der Waals surface area contributed by atoms with Crippen LogP contribution in [0.2, 0.25) is 0 Å². The van der Waals surface area contributed by atoms with E-state index in [9.17, 15) is 0 Å². The largest absolute Gasteiger partial charge is 0.300 e. The molecular formula is C16H31N. The van der Waals surface area contributed by atoms with E-state index in [1.807, 2.05) is 0 Å². The van der Waals surface area contributed by atoms with Crippen molar-refractivity contribution < 1.29 is 0 Å². The minimum Gasteiger partial charge on any atom is -0.300 e. The fourth-order valence-corrected chi connectivity index (χ4v) is 3.87. The summed E-state index contributed by atoms with van der Waals surface area (Å²) in [4.78, 5) is 2.76. The molecule has 100 valence electrons. The molecule has 1 heteroatoms. The van der Waals surface area contributed by atoms with E-state index in [1.165, 1.54) is 44.9 Å². The van der Waals surface area contributed by atoms with Crippen LogP contribution in [-0.4, -0.2) is 24.0 Å². The van der Waals surface area contributed by atoms with E-state index in [2.05, 4.69) is 32.7 Å². The van der Waals surface area contributed by atoms with Crippen molar-refractivity contribution in [3.05, 3.63) is 0 Å². The molecule has 2 rings (SSSR count). The Kier molecular flexibility index (Phi) is 4.52. The van der Waals surface area contributed by atoms with Gasteiger partial charge in [0.2, 0.25) is 0 Å². The maximum atomic E-state index is 2.76. The SMILES string of the molecule is CCC(C)C(C)C(C1CCCC1)N(C)C1CC1. The second kappa shape index (κ2) is 5.73. The maximum absolute atomic E-state index is 2.76. The van der Waals surface area contributed by atoms with Gasteiger partial charge in [-0.3, -0.25) is 4.90 Å². The van der Waals surface area contributed by atoms with Gasteiger partial charge in [-0.1, -0.05) is 40.0 Å². The van der Waals surface area contributed by atoms with Gasteiger partial charge in [-0.25, -0.2) is 0 Å². The molecule has 0 bridgehead atoms. The lowest BCUT2D eigenvalue weighted by Gasteiger charge is -2.40. The van der Waals surface area contributed by atoms with Crippen molar-refractivity contribution in [1.29, 1.82) is 0 Å². The van der Waals surface area contributed by atoms with Gasteiger partial charge < -0.3 is 0 Å². The molecule has 0 amide bonds. The third kappa shape index (κ3) is 3.05. The van der Waals surface area contributed by atoms with Gasteiger partial charge in [0.05, 0.1) is 0 Å². The maximum Gasteiger partial charge on any atom is 0.0151 e. The van der Waals surface area contributed by atoms with E-state index < -0.39 is 0 Å². The average molecular weight is 237 g/mol. The monoisotopic (exact) mass is 237 g/mol. The van der Waals surface area contributed by atoms with E-state index in [-0.39, 0.29) is 0 Å². The van der Waals surface area contributed by atoms with Gasteiger partial charge >= 0.3 is 0 Å². The highest BCUT2D eigenvalue weighted by Crippen LogP contribution is 2.40. The highest BCUT2D eigenvalue weighted by Gasteiger charge is 2.39. The first kappa shape index (κ1) is 13.4. The predicted molar refractivity (Wildman–Crippen MR) is 75.2 cm³/mol. The van der Waals surface area contributed by atoms with Crippen molar-refractivity contribution in [2.75, 3.05) is 7.05 Å². The van der Waals surface area contributed by atoms with Crippen LogP contribution in [0.5, 0.6) is 0 Å². The van der Waals surface area contributed by atoms with E-state index in [1.54, 1.807) is 0 Å². The van der Waals surface area contributed by atoms with Crippen molar-refractivity contribution in [3.63, 3.8) is 0 Å². The van der Waals surface area contributed by atoms with E-state index in [4.69, 9.17) is 0 Å². The van der Waals surface area contributed by atoms with E-state index in [0.717, 1.165) is 29.8 Å². The molecule has 2 aliphatic rings. The molecule has 0 N–H and O–H groups in total. The molecule has 1 nitrogen and oxygen atoms in total. The third-order valence-corrected chi connectivity index (χ3v) is 5.56. The molecule has 2 saturated carbocycles. The topological polar surface area (TPSA) is 3.24 Å². The highest BCUT2D eigenvalue weighted by atomic mass is 15.2. The zero-order chi connectivity index (χ0) is 12.4. The van der Waals surface area contributed by atoms with Crippen molar-refractivity contribution in [2.45, 2.75) is 77.8 Å². The standard InChI is InChI=1S/C16H31N/c1-5-12(2)13(3)16(14-8-6-7-9-14)17(4)15-10-11-15/h12-16H,5-11H2,1-4H3. The van der Waals surface area contributed by atoms with Crippen LogP contribution in [0.15, 0.2) is 0 Å². The molecule has 0 aromatic carbocycles. The molecule has 2 fully saturated rings. The summed E-state index contributed by atoms with van der Waals surface area (Å²) < 4.78 is 0. The van der Waals surface area contributed by atoms with Crippen LogP contribution >= 0.6 is 0 Å². The summed E-state index contributed by atoms with van der Waals surface area (Å²) in [6.07, 6.45) is 10.2. The Morgan fingerprint density at radius 1 is 1.06 bits per heavy atom. The van der Waals surface area contributed by atoms with Crippen LogP contribution in [-0.2, 0) is 0 Å². The molecule has 2 aliphatic carbocycles. The number of hydrogen-bond donors (Lipinski definition) is 0. The molecule has 0 spiro atoms. The lowest BCUT2D eigenvalue weighted by molar-refractivity contribution is 0.0881. The molecule has 0 aliphatic heterocycles. The van der Waals surface area contributed by atoms with Gasteiger partial charge in [0.25, 0.3) is 0 Å². The predicted octanol–water partition coefficient (Wildman–Crippen LogP) is 4.32. The summed E-state index contributed by atoms with van der Waals surface area (Å²) in [5.74, 6) is 2.74. The second-order valence-electron chi connectivity index (χ2n) is 6.68. The van der Waals surface area contributed by atoms with Crippen molar-refractivity contribution in [1.82, 2.24) is 4.90 Å². The minimum atomic E-state index is 0.861. The number of nitrogens with zero attached hydrogens (tertiary/aromatic N) is 1. The second-order valence-corrected chi connectivity index (χ2v) is 6.68. The van der Waals surface area contributed by atoms with Gasteiger partial charge in [0.15, 0.2) is 0 Å². The van der Waals surface area contributed by atoms with Gasteiger partial charge in [-0.05, 0) is 50.5 Å². The van der Waals surface area contributed by atoms with Crippen molar-refractivity contribution in [2.24, 2.45) is 17.8 Å². The molecule has 0 saturated heterocycles.